The molecule has 8 nitrogen and oxygen atoms in total. The fourth-order valence-electron chi connectivity index (χ4n) is 1.86. The molecule has 0 aromatic carbocycles. The van der Waals surface area contributed by atoms with Crippen molar-refractivity contribution in [3.05, 3.63) is 27.1 Å². The molecule has 118 valence electrons. The van der Waals surface area contributed by atoms with Gasteiger partial charge in [-0.3, -0.25) is 14.1 Å². The average molecular weight is 344 g/mol. The summed E-state index contributed by atoms with van der Waals surface area (Å²) in [6, 6.07) is 0. The minimum Gasteiger partial charge on any atom is -0.320 e. The normalized spacial score (nSPS) is 26.2. The van der Waals surface area contributed by atoms with Gasteiger partial charge in [-0.2, -0.15) is 0 Å². The summed E-state index contributed by atoms with van der Waals surface area (Å²) < 4.78 is 47.4. The number of phosphoric ester groups is 1. The first kappa shape index (κ1) is 16.4. The Balaban J connectivity index is 2.15. The Morgan fingerprint density at radius 1 is 1.67 bits per heavy atom. The van der Waals surface area contributed by atoms with Crippen LogP contribution in [0.4, 0.5) is 8.78 Å². The number of nitrogens with zero attached hydrogens (tertiary/aromatic N) is 1. The third-order valence-electron chi connectivity index (χ3n) is 2.79. The van der Waals surface area contributed by atoms with Crippen LogP contribution in [0.2, 0.25) is 0 Å². The highest BCUT2D eigenvalue weighted by Crippen LogP contribution is 2.42. The van der Waals surface area contributed by atoms with Crippen LogP contribution in [-0.4, -0.2) is 31.8 Å². The molecule has 1 aromatic rings. The summed E-state index contributed by atoms with van der Waals surface area (Å²) in [7, 11) is -4.84. The Kier molecular flexibility index (Phi) is 4.43. The minimum atomic E-state index is -4.84. The van der Waals surface area contributed by atoms with Crippen molar-refractivity contribution in [1.29, 1.82) is 0 Å². The maximum atomic E-state index is 14.2. The van der Waals surface area contributed by atoms with E-state index in [0.717, 1.165) is 10.8 Å². The van der Waals surface area contributed by atoms with Crippen LogP contribution in [-0.2, 0) is 13.8 Å². The summed E-state index contributed by atoms with van der Waals surface area (Å²) in [5, 5.41) is 0. The SMILES string of the molecule is O=c1[nH]c(=S)c(F)cn1[C@H]1CC[C@@](F)(COP(=O)(O)O)O1. The van der Waals surface area contributed by atoms with Crippen LogP contribution in [0.15, 0.2) is 11.0 Å². The molecule has 0 saturated carbocycles. The second-order valence-corrected chi connectivity index (χ2v) is 6.05. The van der Waals surface area contributed by atoms with E-state index in [2.05, 4.69) is 21.7 Å². The first-order valence-electron chi connectivity index (χ1n) is 5.67. The number of rotatable bonds is 4. The molecular weight excluding hydrogens is 333 g/mol. The highest BCUT2D eigenvalue weighted by molar-refractivity contribution is 7.71. The number of nitrogens with one attached hydrogen (secondary N) is 1. The van der Waals surface area contributed by atoms with Gasteiger partial charge in [-0.05, 0) is 6.42 Å². The lowest BCUT2D eigenvalue weighted by atomic mass is 10.2. The molecule has 2 rings (SSSR count). The van der Waals surface area contributed by atoms with Gasteiger partial charge in [0, 0.05) is 6.42 Å². The highest BCUT2D eigenvalue weighted by Gasteiger charge is 2.43. The molecule has 1 aliphatic rings. The van der Waals surface area contributed by atoms with Gasteiger partial charge in [0.2, 0.25) is 5.85 Å². The lowest BCUT2D eigenvalue weighted by Crippen LogP contribution is -2.32. The van der Waals surface area contributed by atoms with Crippen molar-refractivity contribution in [1.82, 2.24) is 9.55 Å². The standard InChI is InChI=1S/C9H11F2N2O6PS/c10-5-3-13(8(14)12-7(5)21)6-1-2-9(11,19-6)4-18-20(15,16)17/h3,6H,1-2,4H2,(H,12,14,21)(H2,15,16,17)/t6-,9+/m1/s1. The predicted octanol–water partition coefficient (Wildman–Crippen LogP) is 1.13. The maximum Gasteiger partial charge on any atom is 0.469 e. The zero-order valence-corrected chi connectivity index (χ0v) is 12.1. The molecule has 1 saturated heterocycles. The maximum absolute atomic E-state index is 14.2. The smallest absolute Gasteiger partial charge is 0.320 e. The van der Waals surface area contributed by atoms with Gasteiger partial charge >= 0.3 is 13.5 Å². The second kappa shape index (κ2) is 5.67. The molecule has 0 amide bonds. The van der Waals surface area contributed by atoms with Gasteiger partial charge < -0.3 is 14.5 Å². The van der Waals surface area contributed by atoms with Gasteiger partial charge in [-0.15, -0.1) is 0 Å². The molecule has 1 fully saturated rings. The van der Waals surface area contributed by atoms with Crippen molar-refractivity contribution in [2.24, 2.45) is 0 Å². The van der Waals surface area contributed by atoms with Gasteiger partial charge in [0.1, 0.15) is 17.5 Å². The van der Waals surface area contributed by atoms with E-state index in [1.807, 2.05) is 0 Å². The van der Waals surface area contributed by atoms with Crippen LogP contribution >= 0.6 is 20.0 Å². The average Bonchev–Trinajstić information content (AvgIpc) is 2.74. The van der Waals surface area contributed by atoms with Crippen LogP contribution in [0, 0.1) is 10.5 Å². The van der Waals surface area contributed by atoms with Crippen LogP contribution in [0.1, 0.15) is 19.1 Å². The molecule has 3 N–H and O–H groups in total. The zero-order valence-electron chi connectivity index (χ0n) is 10.4. The molecule has 2 atom stereocenters. The van der Waals surface area contributed by atoms with Gasteiger partial charge in [-0.1, -0.05) is 12.2 Å². The van der Waals surface area contributed by atoms with Gasteiger partial charge in [0.05, 0.1) is 6.20 Å². The van der Waals surface area contributed by atoms with Gasteiger partial charge in [0.25, 0.3) is 0 Å². The van der Waals surface area contributed by atoms with E-state index in [4.69, 9.17) is 14.5 Å². The van der Waals surface area contributed by atoms with Crippen LogP contribution in [0.25, 0.3) is 0 Å². The summed E-state index contributed by atoms with van der Waals surface area (Å²) in [6.07, 6.45) is -0.641. The number of ether oxygens (including phenoxy) is 1. The lowest BCUT2D eigenvalue weighted by Gasteiger charge is -2.21. The van der Waals surface area contributed by atoms with E-state index in [1.54, 1.807) is 0 Å². The number of phosphoric acid groups is 1. The van der Waals surface area contributed by atoms with Crippen LogP contribution in [0.5, 0.6) is 0 Å². The van der Waals surface area contributed by atoms with Crippen molar-refractivity contribution < 1.29 is 32.4 Å². The first-order valence-corrected chi connectivity index (χ1v) is 7.61. The molecule has 0 bridgehead atoms. The molecule has 0 radical (unpaired) electrons. The number of hydrogen-bond acceptors (Lipinski definition) is 5. The van der Waals surface area contributed by atoms with E-state index >= 15 is 0 Å². The van der Waals surface area contributed by atoms with Crippen LogP contribution < -0.4 is 5.69 Å². The molecule has 0 aliphatic carbocycles. The number of H-pyrrole nitrogens is 1. The molecule has 21 heavy (non-hydrogen) atoms. The quantitative estimate of drug-likeness (QED) is 0.554. The van der Waals surface area contributed by atoms with Crippen LogP contribution in [0.3, 0.4) is 0 Å². The Hall–Kier alpha value is -0.970. The third-order valence-corrected chi connectivity index (χ3v) is 3.56. The third kappa shape index (κ3) is 4.02. The Morgan fingerprint density at radius 3 is 2.95 bits per heavy atom. The topological polar surface area (TPSA) is 114 Å². The monoisotopic (exact) mass is 344 g/mol. The molecule has 2 heterocycles. The molecule has 1 aliphatic heterocycles. The van der Waals surface area contributed by atoms with E-state index in [9.17, 15) is 18.1 Å². The fourth-order valence-corrected chi connectivity index (χ4v) is 2.36. The molecule has 0 spiro atoms. The molecule has 0 unspecified atom stereocenters. The van der Waals surface area contributed by atoms with E-state index < -0.39 is 38.0 Å². The molecule has 1 aromatic heterocycles. The lowest BCUT2D eigenvalue weighted by molar-refractivity contribution is -0.175. The zero-order chi connectivity index (χ0) is 15.8. The minimum absolute atomic E-state index is 0.00895. The van der Waals surface area contributed by atoms with Crippen molar-refractivity contribution in [2.45, 2.75) is 24.9 Å². The number of alkyl halides is 1. The fraction of sp³-hybridized carbons (Fsp3) is 0.556. The Bertz CT molecular complexity index is 702. The number of aromatic nitrogens is 2. The highest BCUT2D eigenvalue weighted by atomic mass is 32.1. The predicted molar refractivity (Wildman–Crippen MR) is 67.0 cm³/mol. The van der Waals surface area contributed by atoms with E-state index in [0.29, 0.717) is 0 Å². The van der Waals surface area contributed by atoms with Gasteiger partial charge in [-0.25, -0.2) is 18.1 Å². The van der Waals surface area contributed by atoms with E-state index in [-0.39, 0.29) is 17.5 Å². The summed E-state index contributed by atoms with van der Waals surface area (Å²) in [5.41, 5.74) is -0.786. The Morgan fingerprint density at radius 2 is 2.33 bits per heavy atom. The van der Waals surface area contributed by atoms with Crippen molar-refractivity contribution in [2.75, 3.05) is 6.61 Å². The van der Waals surface area contributed by atoms with Gasteiger partial charge in [0.15, 0.2) is 5.82 Å². The number of aromatic amines is 1. The van der Waals surface area contributed by atoms with Crippen molar-refractivity contribution in [3.8, 4) is 0 Å². The van der Waals surface area contributed by atoms with Crippen molar-refractivity contribution >= 4 is 20.0 Å². The summed E-state index contributed by atoms with van der Waals surface area (Å²) in [5.74, 6) is -3.36. The summed E-state index contributed by atoms with van der Waals surface area (Å²) >= 11 is 4.54. The molecular formula is C9H11F2N2O6PS. The molecule has 12 heteroatoms. The second-order valence-electron chi connectivity index (χ2n) is 4.40. The Labute approximate surface area is 121 Å². The number of halogens is 2. The largest absolute Gasteiger partial charge is 0.469 e. The summed E-state index contributed by atoms with van der Waals surface area (Å²) in [6.45, 7) is -1.01. The number of hydrogen-bond donors (Lipinski definition) is 3. The van der Waals surface area contributed by atoms with E-state index in [1.165, 1.54) is 0 Å². The summed E-state index contributed by atoms with van der Waals surface area (Å²) in [4.78, 5) is 30.7. The first-order chi connectivity index (χ1) is 9.60. The van der Waals surface area contributed by atoms with Crippen molar-refractivity contribution in [3.63, 3.8) is 0 Å².